The number of ether oxygens (including phenoxy) is 2. The standard InChI is InChI=1S/C15H23N3O5.ClH/c1-5-16-10(3)9-17-15(19)11-7-13(22-4)14(23-6-2)8-12(11)18(20)21;/h7-8,10,16H,5-6,9H2,1-4H3,(H,17,19);1H/t10-;/m1./s1. The number of hydrogen-bond donors (Lipinski definition) is 2. The number of hydrogen-bond acceptors (Lipinski definition) is 6. The first kappa shape index (κ1) is 21.9. The molecule has 0 aliphatic rings. The van der Waals surface area contributed by atoms with Crippen LogP contribution in [-0.4, -0.2) is 43.7 Å². The Bertz CT molecular complexity index is 568. The van der Waals surface area contributed by atoms with Gasteiger partial charge in [0.1, 0.15) is 5.56 Å². The van der Waals surface area contributed by atoms with Gasteiger partial charge in [0.15, 0.2) is 11.5 Å². The fourth-order valence-electron chi connectivity index (χ4n) is 2.07. The van der Waals surface area contributed by atoms with Gasteiger partial charge in [0.05, 0.1) is 24.7 Å². The normalized spacial score (nSPS) is 11.2. The van der Waals surface area contributed by atoms with Gasteiger partial charge in [0.2, 0.25) is 0 Å². The molecule has 0 saturated heterocycles. The molecule has 0 spiro atoms. The number of methoxy groups -OCH3 is 1. The minimum atomic E-state index is -0.607. The predicted octanol–water partition coefficient (Wildman–Crippen LogP) is 2.15. The van der Waals surface area contributed by atoms with Gasteiger partial charge in [-0.05, 0) is 20.4 Å². The molecule has 0 heterocycles. The van der Waals surface area contributed by atoms with E-state index in [4.69, 9.17) is 9.47 Å². The average molecular weight is 362 g/mol. The molecule has 0 unspecified atom stereocenters. The van der Waals surface area contributed by atoms with Crippen LogP contribution in [0.2, 0.25) is 0 Å². The number of rotatable bonds is 9. The Balaban J connectivity index is 0.00000529. The third-order valence-corrected chi connectivity index (χ3v) is 3.14. The van der Waals surface area contributed by atoms with E-state index >= 15 is 0 Å². The largest absolute Gasteiger partial charge is 0.493 e. The number of carbonyl (C=O) groups is 1. The van der Waals surface area contributed by atoms with Crippen molar-refractivity contribution in [2.45, 2.75) is 26.8 Å². The van der Waals surface area contributed by atoms with Crippen LogP contribution in [0.25, 0.3) is 0 Å². The molecule has 0 fully saturated rings. The second-order valence-electron chi connectivity index (χ2n) is 4.88. The van der Waals surface area contributed by atoms with E-state index in [-0.39, 0.29) is 41.2 Å². The zero-order valence-corrected chi connectivity index (χ0v) is 15.1. The van der Waals surface area contributed by atoms with Crippen LogP contribution in [0.5, 0.6) is 11.5 Å². The maximum atomic E-state index is 12.3. The zero-order chi connectivity index (χ0) is 17.4. The summed E-state index contributed by atoms with van der Waals surface area (Å²) >= 11 is 0. The van der Waals surface area contributed by atoms with Crippen LogP contribution in [-0.2, 0) is 0 Å². The number of nitro groups is 1. The molecule has 1 rings (SSSR count). The van der Waals surface area contributed by atoms with Crippen LogP contribution in [0.4, 0.5) is 5.69 Å². The van der Waals surface area contributed by atoms with Crippen molar-refractivity contribution in [2.75, 3.05) is 26.8 Å². The van der Waals surface area contributed by atoms with E-state index in [2.05, 4.69) is 10.6 Å². The molecule has 0 aliphatic carbocycles. The van der Waals surface area contributed by atoms with Gasteiger partial charge in [-0.1, -0.05) is 6.92 Å². The Labute approximate surface area is 147 Å². The van der Waals surface area contributed by atoms with E-state index in [9.17, 15) is 14.9 Å². The van der Waals surface area contributed by atoms with Gasteiger partial charge >= 0.3 is 0 Å². The van der Waals surface area contributed by atoms with Gasteiger partial charge in [0, 0.05) is 18.7 Å². The second-order valence-corrected chi connectivity index (χ2v) is 4.88. The number of benzene rings is 1. The molecule has 1 atom stereocenters. The summed E-state index contributed by atoms with van der Waals surface area (Å²) in [6.45, 7) is 7.10. The molecule has 2 N–H and O–H groups in total. The molecule has 24 heavy (non-hydrogen) atoms. The topological polar surface area (TPSA) is 103 Å². The average Bonchev–Trinajstić information content (AvgIpc) is 2.52. The monoisotopic (exact) mass is 361 g/mol. The van der Waals surface area contributed by atoms with Crippen molar-refractivity contribution < 1.29 is 19.2 Å². The fourth-order valence-corrected chi connectivity index (χ4v) is 2.07. The van der Waals surface area contributed by atoms with Crippen LogP contribution >= 0.6 is 12.4 Å². The van der Waals surface area contributed by atoms with E-state index < -0.39 is 10.8 Å². The predicted molar refractivity (Wildman–Crippen MR) is 93.5 cm³/mol. The van der Waals surface area contributed by atoms with Crippen molar-refractivity contribution in [3.05, 3.63) is 27.8 Å². The van der Waals surface area contributed by atoms with Crippen molar-refractivity contribution in [2.24, 2.45) is 0 Å². The molecule has 1 aromatic carbocycles. The van der Waals surface area contributed by atoms with Crippen molar-refractivity contribution in [1.29, 1.82) is 0 Å². The minimum Gasteiger partial charge on any atom is -0.493 e. The third-order valence-electron chi connectivity index (χ3n) is 3.14. The number of nitro benzene ring substituents is 1. The van der Waals surface area contributed by atoms with E-state index in [1.165, 1.54) is 19.2 Å². The molecule has 1 aromatic rings. The fraction of sp³-hybridized carbons (Fsp3) is 0.533. The Morgan fingerprint density at radius 3 is 2.50 bits per heavy atom. The van der Waals surface area contributed by atoms with Crippen molar-refractivity contribution in [3.63, 3.8) is 0 Å². The van der Waals surface area contributed by atoms with Crippen molar-refractivity contribution >= 4 is 24.0 Å². The maximum absolute atomic E-state index is 12.3. The molecule has 0 aliphatic heterocycles. The molecule has 0 radical (unpaired) electrons. The van der Waals surface area contributed by atoms with E-state index in [0.29, 0.717) is 13.2 Å². The number of likely N-dealkylation sites (N-methyl/N-ethyl adjacent to an activating group) is 1. The number of halogens is 1. The van der Waals surface area contributed by atoms with Crippen LogP contribution < -0.4 is 20.1 Å². The maximum Gasteiger partial charge on any atom is 0.286 e. The summed E-state index contributed by atoms with van der Waals surface area (Å²) in [7, 11) is 1.42. The molecule has 136 valence electrons. The van der Waals surface area contributed by atoms with Crippen molar-refractivity contribution in [3.8, 4) is 11.5 Å². The SMILES string of the molecule is CCN[C@H](C)CNC(=O)c1cc(OC)c(OCC)cc1[N+](=O)[O-].Cl. The van der Waals surface area contributed by atoms with Crippen LogP contribution in [0, 0.1) is 10.1 Å². The highest BCUT2D eigenvalue weighted by atomic mass is 35.5. The molecular weight excluding hydrogens is 338 g/mol. The van der Waals surface area contributed by atoms with E-state index in [1.54, 1.807) is 6.92 Å². The van der Waals surface area contributed by atoms with Gasteiger partial charge in [-0.15, -0.1) is 12.4 Å². The highest BCUT2D eigenvalue weighted by molar-refractivity contribution is 5.99. The first-order valence-corrected chi connectivity index (χ1v) is 7.45. The number of nitrogens with zero attached hydrogens (tertiary/aromatic N) is 1. The molecular formula is C15H24ClN3O5. The van der Waals surface area contributed by atoms with Gasteiger partial charge in [-0.2, -0.15) is 0 Å². The lowest BCUT2D eigenvalue weighted by Crippen LogP contribution is -2.39. The lowest BCUT2D eigenvalue weighted by Gasteiger charge is -2.14. The quantitative estimate of drug-likeness (QED) is 0.516. The summed E-state index contributed by atoms with van der Waals surface area (Å²) in [6, 6.07) is 2.61. The summed E-state index contributed by atoms with van der Waals surface area (Å²) in [5.74, 6) is -0.00981. The molecule has 9 heteroatoms. The van der Waals surface area contributed by atoms with Crippen LogP contribution in [0.1, 0.15) is 31.1 Å². The smallest absolute Gasteiger partial charge is 0.286 e. The van der Waals surface area contributed by atoms with E-state index in [0.717, 1.165) is 6.54 Å². The second kappa shape index (κ2) is 10.7. The lowest BCUT2D eigenvalue weighted by molar-refractivity contribution is -0.385. The summed E-state index contributed by atoms with van der Waals surface area (Å²) < 4.78 is 10.5. The Kier molecular flexibility index (Phi) is 9.75. The van der Waals surface area contributed by atoms with Crippen LogP contribution in [0.3, 0.4) is 0 Å². The number of nitrogens with one attached hydrogen (secondary N) is 2. The van der Waals surface area contributed by atoms with E-state index in [1.807, 2.05) is 13.8 Å². The van der Waals surface area contributed by atoms with Gasteiger partial charge in [0.25, 0.3) is 11.6 Å². The third kappa shape index (κ3) is 5.86. The molecule has 8 nitrogen and oxygen atoms in total. The summed E-state index contributed by atoms with van der Waals surface area (Å²) in [5, 5.41) is 17.1. The van der Waals surface area contributed by atoms with Crippen molar-refractivity contribution in [1.82, 2.24) is 10.6 Å². The Morgan fingerprint density at radius 1 is 1.33 bits per heavy atom. The first-order valence-electron chi connectivity index (χ1n) is 7.45. The highest BCUT2D eigenvalue weighted by Gasteiger charge is 2.24. The Hall–Kier alpha value is -2.06. The van der Waals surface area contributed by atoms with Gasteiger partial charge < -0.3 is 20.1 Å². The zero-order valence-electron chi connectivity index (χ0n) is 14.3. The summed E-state index contributed by atoms with van der Waals surface area (Å²) in [6.07, 6.45) is 0. The molecule has 0 bridgehead atoms. The number of carbonyl (C=O) groups excluding carboxylic acids is 1. The summed E-state index contributed by atoms with van der Waals surface area (Å²) in [5.41, 5.74) is -0.373. The lowest BCUT2D eigenvalue weighted by atomic mass is 10.1. The number of amides is 1. The molecule has 0 aromatic heterocycles. The highest BCUT2D eigenvalue weighted by Crippen LogP contribution is 2.34. The first-order chi connectivity index (χ1) is 10.9. The Morgan fingerprint density at radius 2 is 2.00 bits per heavy atom. The molecule has 1 amide bonds. The van der Waals surface area contributed by atoms with Crippen LogP contribution in [0.15, 0.2) is 12.1 Å². The summed E-state index contributed by atoms with van der Waals surface area (Å²) in [4.78, 5) is 22.9. The van der Waals surface area contributed by atoms with Gasteiger partial charge in [-0.3, -0.25) is 14.9 Å². The minimum absolute atomic E-state index is 0. The molecule has 0 saturated carbocycles. The van der Waals surface area contributed by atoms with Gasteiger partial charge in [-0.25, -0.2) is 0 Å².